The Morgan fingerprint density at radius 3 is 2.62 bits per heavy atom. The number of hydrogen-bond acceptors (Lipinski definition) is 4. The molecule has 0 atom stereocenters. The van der Waals surface area contributed by atoms with Crippen LogP contribution in [0, 0.1) is 0 Å². The van der Waals surface area contributed by atoms with E-state index < -0.39 is 0 Å². The third kappa shape index (κ3) is 3.39. The maximum atomic E-state index is 5.73. The van der Waals surface area contributed by atoms with Crippen LogP contribution in [0.15, 0.2) is 47.3 Å². The molecule has 2 heterocycles. The summed E-state index contributed by atoms with van der Waals surface area (Å²) in [7, 11) is 0. The van der Waals surface area contributed by atoms with E-state index in [1.54, 1.807) is 6.26 Å². The summed E-state index contributed by atoms with van der Waals surface area (Å²) in [6.07, 6.45) is 3.57. The summed E-state index contributed by atoms with van der Waals surface area (Å²) in [5.41, 5.74) is 2.46. The van der Waals surface area contributed by atoms with Crippen LogP contribution in [0.4, 0.5) is 5.69 Å². The fraction of sp³-hybridized carbons (Fsp3) is 0.412. The van der Waals surface area contributed by atoms with Gasteiger partial charge in [-0.15, -0.1) is 0 Å². The summed E-state index contributed by atoms with van der Waals surface area (Å²) in [5.74, 6) is 0.989. The van der Waals surface area contributed by atoms with Gasteiger partial charge < -0.3 is 14.1 Å². The monoisotopic (exact) mass is 286 g/mol. The van der Waals surface area contributed by atoms with Gasteiger partial charge in [-0.05, 0) is 25.1 Å². The highest BCUT2D eigenvalue weighted by atomic mass is 16.5. The number of nitrogens with zero attached hydrogens (tertiary/aromatic N) is 2. The maximum Gasteiger partial charge on any atom is 0.142 e. The molecule has 21 heavy (non-hydrogen) atoms. The fourth-order valence-corrected chi connectivity index (χ4v) is 2.78. The van der Waals surface area contributed by atoms with Crippen molar-refractivity contribution >= 4 is 5.69 Å². The number of rotatable bonds is 5. The largest absolute Gasteiger partial charge is 0.492 e. The van der Waals surface area contributed by atoms with E-state index in [-0.39, 0.29) is 0 Å². The fourth-order valence-electron chi connectivity index (χ4n) is 2.78. The van der Waals surface area contributed by atoms with E-state index in [0.29, 0.717) is 6.61 Å². The standard InChI is InChI=1S/C17H22N2O2/c1-2-21-17-6-4-3-5-16(17)19-10-8-18(9-11-19)13-15-7-12-20-14-15/h3-7,12,14H,2,8-11,13H2,1H3. The molecule has 4 heteroatoms. The summed E-state index contributed by atoms with van der Waals surface area (Å²) in [5, 5.41) is 0. The third-order valence-corrected chi connectivity index (χ3v) is 3.86. The second kappa shape index (κ2) is 6.68. The van der Waals surface area contributed by atoms with Gasteiger partial charge in [0.2, 0.25) is 0 Å². The zero-order valence-corrected chi connectivity index (χ0v) is 12.5. The summed E-state index contributed by atoms with van der Waals surface area (Å²) in [6, 6.07) is 10.4. The highest BCUT2D eigenvalue weighted by molar-refractivity contribution is 5.58. The smallest absolute Gasteiger partial charge is 0.142 e. The highest BCUT2D eigenvalue weighted by Gasteiger charge is 2.19. The molecule has 0 unspecified atom stereocenters. The Balaban J connectivity index is 1.60. The Labute approximate surface area is 125 Å². The highest BCUT2D eigenvalue weighted by Crippen LogP contribution is 2.28. The minimum atomic E-state index is 0.706. The number of benzene rings is 1. The molecule has 0 aliphatic carbocycles. The number of piperazine rings is 1. The molecule has 3 rings (SSSR count). The molecule has 1 aromatic heterocycles. The van der Waals surface area contributed by atoms with Crippen LogP contribution >= 0.6 is 0 Å². The average molecular weight is 286 g/mol. The maximum absolute atomic E-state index is 5.73. The van der Waals surface area contributed by atoms with Gasteiger partial charge in [-0.3, -0.25) is 4.90 Å². The van der Waals surface area contributed by atoms with E-state index in [4.69, 9.17) is 9.15 Å². The van der Waals surface area contributed by atoms with Gasteiger partial charge in [-0.25, -0.2) is 0 Å². The van der Waals surface area contributed by atoms with Crippen LogP contribution in [0.1, 0.15) is 12.5 Å². The Morgan fingerprint density at radius 1 is 1.10 bits per heavy atom. The molecule has 1 aromatic carbocycles. The molecule has 0 amide bonds. The zero-order valence-electron chi connectivity index (χ0n) is 12.5. The predicted octanol–water partition coefficient (Wildman–Crippen LogP) is 3.00. The molecule has 112 valence electrons. The Kier molecular flexibility index (Phi) is 4.46. The van der Waals surface area contributed by atoms with Gasteiger partial charge in [0, 0.05) is 38.3 Å². The lowest BCUT2D eigenvalue weighted by Gasteiger charge is -2.36. The lowest BCUT2D eigenvalue weighted by Crippen LogP contribution is -2.46. The Morgan fingerprint density at radius 2 is 1.90 bits per heavy atom. The molecule has 1 fully saturated rings. The van der Waals surface area contributed by atoms with Crippen LogP contribution in [-0.4, -0.2) is 37.7 Å². The molecule has 0 spiro atoms. The summed E-state index contributed by atoms with van der Waals surface area (Å²) in [4.78, 5) is 4.88. The summed E-state index contributed by atoms with van der Waals surface area (Å²) >= 11 is 0. The van der Waals surface area contributed by atoms with Crippen LogP contribution in [0.2, 0.25) is 0 Å². The van der Waals surface area contributed by atoms with Gasteiger partial charge >= 0.3 is 0 Å². The van der Waals surface area contributed by atoms with Gasteiger partial charge in [0.05, 0.1) is 24.8 Å². The molecular weight excluding hydrogens is 264 g/mol. The van der Waals surface area contributed by atoms with E-state index in [2.05, 4.69) is 28.0 Å². The van der Waals surface area contributed by atoms with Crippen molar-refractivity contribution in [3.8, 4) is 5.75 Å². The second-order valence-electron chi connectivity index (χ2n) is 5.30. The summed E-state index contributed by atoms with van der Waals surface area (Å²) in [6.45, 7) is 7.88. The molecule has 0 radical (unpaired) electrons. The lowest BCUT2D eigenvalue weighted by molar-refractivity contribution is 0.248. The molecule has 1 saturated heterocycles. The van der Waals surface area contributed by atoms with Gasteiger partial charge in [-0.2, -0.15) is 0 Å². The average Bonchev–Trinajstić information content (AvgIpc) is 3.02. The van der Waals surface area contributed by atoms with Crippen molar-refractivity contribution in [1.29, 1.82) is 0 Å². The first kappa shape index (κ1) is 14.0. The topological polar surface area (TPSA) is 28.9 Å². The molecule has 2 aromatic rings. The van der Waals surface area contributed by atoms with Crippen LogP contribution in [0.3, 0.4) is 0 Å². The number of para-hydroxylation sites is 2. The minimum Gasteiger partial charge on any atom is -0.492 e. The molecule has 0 bridgehead atoms. The first-order valence-electron chi connectivity index (χ1n) is 7.57. The van der Waals surface area contributed by atoms with Crippen molar-refractivity contribution in [3.05, 3.63) is 48.4 Å². The van der Waals surface area contributed by atoms with Crippen molar-refractivity contribution < 1.29 is 9.15 Å². The van der Waals surface area contributed by atoms with Gasteiger partial charge in [0.1, 0.15) is 5.75 Å². The second-order valence-corrected chi connectivity index (χ2v) is 5.30. The normalized spacial score (nSPS) is 16.1. The van der Waals surface area contributed by atoms with Gasteiger partial charge in [0.15, 0.2) is 0 Å². The van der Waals surface area contributed by atoms with Crippen molar-refractivity contribution in [1.82, 2.24) is 4.90 Å². The molecule has 0 saturated carbocycles. The number of furan rings is 1. The number of anilines is 1. The van der Waals surface area contributed by atoms with Crippen molar-refractivity contribution in [3.63, 3.8) is 0 Å². The molecule has 1 aliphatic rings. The van der Waals surface area contributed by atoms with Crippen molar-refractivity contribution in [2.24, 2.45) is 0 Å². The lowest BCUT2D eigenvalue weighted by atomic mass is 10.2. The van der Waals surface area contributed by atoms with E-state index >= 15 is 0 Å². The van der Waals surface area contributed by atoms with E-state index in [1.807, 2.05) is 25.3 Å². The number of ether oxygens (including phenoxy) is 1. The SMILES string of the molecule is CCOc1ccccc1N1CCN(Cc2ccoc2)CC1. The van der Waals surface area contributed by atoms with Gasteiger partial charge in [0.25, 0.3) is 0 Å². The van der Waals surface area contributed by atoms with Crippen LogP contribution in [0.5, 0.6) is 5.75 Å². The van der Waals surface area contributed by atoms with E-state index in [9.17, 15) is 0 Å². The van der Waals surface area contributed by atoms with E-state index in [0.717, 1.165) is 38.5 Å². The molecular formula is C17H22N2O2. The third-order valence-electron chi connectivity index (χ3n) is 3.86. The van der Waals surface area contributed by atoms with Crippen LogP contribution in [-0.2, 0) is 6.54 Å². The minimum absolute atomic E-state index is 0.706. The first-order chi connectivity index (χ1) is 10.4. The number of hydrogen-bond donors (Lipinski definition) is 0. The van der Waals surface area contributed by atoms with Gasteiger partial charge in [-0.1, -0.05) is 12.1 Å². The first-order valence-corrected chi connectivity index (χ1v) is 7.57. The molecule has 1 aliphatic heterocycles. The molecule has 0 N–H and O–H groups in total. The van der Waals surface area contributed by atoms with Crippen molar-refractivity contribution in [2.75, 3.05) is 37.7 Å². The van der Waals surface area contributed by atoms with Crippen LogP contribution in [0.25, 0.3) is 0 Å². The Hall–Kier alpha value is -1.94. The van der Waals surface area contributed by atoms with Crippen LogP contribution < -0.4 is 9.64 Å². The van der Waals surface area contributed by atoms with E-state index in [1.165, 1.54) is 11.3 Å². The zero-order chi connectivity index (χ0) is 14.5. The Bertz CT molecular complexity index is 546. The quantitative estimate of drug-likeness (QED) is 0.845. The molecule has 4 nitrogen and oxygen atoms in total. The predicted molar refractivity (Wildman–Crippen MR) is 83.8 cm³/mol. The summed E-state index contributed by atoms with van der Waals surface area (Å²) < 4.78 is 10.9. The van der Waals surface area contributed by atoms with Crippen molar-refractivity contribution in [2.45, 2.75) is 13.5 Å².